The molecule has 0 radical (unpaired) electrons. The molecule has 14 heteroatoms. The number of anilines is 2. The van der Waals surface area contributed by atoms with Gasteiger partial charge in [0.1, 0.15) is 47.3 Å². The number of aromatic nitrogens is 3. The first-order chi connectivity index (χ1) is 21.3. The molecule has 44 heavy (non-hydrogen) atoms. The Kier molecular flexibility index (Phi) is 9.65. The van der Waals surface area contributed by atoms with Crippen LogP contribution in [0.4, 0.5) is 21.6 Å². The van der Waals surface area contributed by atoms with Crippen molar-refractivity contribution in [2.24, 2.45) is 0 Å². The van der Waals surface area contributed by atoms with Crippen LogP contribution in [-0.4, -0.2) is 40.2 Å². The number of halogens is 3. The molecule has 2 heterocycles. The number of fused-ring (bicyclic) bond motifs is 2. The summed E-state index contributed by atoms with van der Waals surface area (Å²) in [7, 11) is 1.64. The van der Waals surface area contributed by atoms with Crippen LogP contribution >= 0.6 is 23.2 Å². The van der Waals surface area contributed by atoms with Crippen molar-refractivity contribution in [3.8, 4) is 17.2 Å². The van der Waals surface area contributed by atoms with Crippen LogP contribution in [0.5, 0.6) is 17.2 Å². The first-order valence-corrected chi connectivity index (χ1v) is 13.6. The number of methoxy groups -OCH3 is 1. The Bertz CT molecular complexity index is 1940. The van der Waals surface area contributed by atoms with Crippen LogP contribution in [0.3, 0.4) is 0 Å². The lowest BCUT2D eigenvalue weighted by Gasteiger charge is -2.12. The Morgan fingerprint density at radius 3 is 2.52 bits per heavy atom. The number of oxazole rings is 1. The summed E-state index contributed by atoms with van der Waals surface area (Å²) >= 11 is 11.8. The summed E-state index contributed by atoms with van der Waals surface area (Å²) in [5.74, 6) is 1.83. The van der Waals surface area contributed by atoms with Crippen LogP contribution in [0, 0.1) is 15.9 Å². The summed E-state index contributed by atoms with van der Waals surface area (Å²) in [6, 6.07) is 19.5. The summed E-state index contributed by atoms with van der Waals surface area (Å²) in [5, 5.41) is 14.4. The fraction of sp³-hybridized carbons (Fsp3) is 0.100. The van der Waals surface area contributed by atoms with Gasteiger partial charge in [0.15, 0.2) is 12.0 Å². The van der Waals surface area contributed by atoms with E-state index in [0.717, 1.165) is 34.8 Å². The van der Waals surface area contributed by atoms with Crippen molar-refractivity contribution < 1.29 is 27.9 Å². The van der Waals surface area contributed by atoms with Crippen molar-refractivity contribution in [2.45, 2.75) is 0 Å². The summed E-state index contributed by atoms with van der Waals surface area (Å²) in [6.07, 6.45) is 2.91. The molecule has 2 aromatic heterocycles. The van der Waals surface area contributed by atoms with Gasteiger partial charge in [0.2, 0.25) is 0 Å². The van der Waals surface area contributed by atoms with Gasteiger partial charge in [-0.3, -0.25) is 10.1 Å². The second-order valence-corrected chi connectivity index (χ2v) is 9.77. The summed E-state index contributed by atoms with van der Waals surface area (Å²) in [5.41, 5.74) is 2.74. The maximum atomic E-state index is 12.4. The highest BCUT2D eigenvalue weighted by Crippen LogP contribution is 2.34. The van der Waals surface area contributed by atoms with Crippen molar-refractivity contribution in [1.29, 1.82) is 0 Å². The molecular weight excluding hydrogens is 616 g/mol. The van der Waals surface area contributed by atoms with Crippen LogP contribution in [-0.2, 0) is 4.74 Å². The van der Waals surface area contributed by atoms with Gasteiger partial charge < -0.3 is 23.9 Å². The molecule has 11 nitrogen and oxygen atoms in total. The average molecular weight is 638 g/mol. The summed E-state index contributed by atoms with van der Waals surface area (Å²) < 4.78 is 34.3. The number of hydrogen-bond acceptors (Lipinski definition) is 10. The third kappa shape index (κ3) is 7.48. The molecule has 6 rings (SSSR count). The smallest absolute Gasteiger partial charge is 0.271 e. The molecule has 0 unspecified atom stereocenters. The molecule has 4 aromatic carbocycles. The number of nitro benzene ring substituents is 1. The number of rotatable bonds is 9. The molecular formula is C30H22Cl2FN5O6. The van der Waals surface area contributed by atoms with E-state index in [-0.39, 0.29) is 10.7 Å². The SMILES string of the molecule is COCCOc1ccc2ncnc(Nc3ccc(Oc4ccc5ocnc5c4)c(Cl)c3)c2c1.O=[N+]([O-])c1ccc(F)c(Cl)c1. The number of benzene rings is 4. The minimum absolute atomic E-state index is 0.212. The molecule has 0 amide bonds. The largest absolute Gasteiger partial charge is 0.491 e. The van der Waals surface area contributed by atoms with Crippen LogP contribution in [0.25, 0.3) is 22.0 Å². The van der Waals surface area contributed by atoms with Crippen molar-refractivity contribution in [1.82, 2.24) is 15.0 Å². The first-order valence-electron chi connectivity index (χ1n) is 12.8. The molecule has 224 valence electrons. The molecule has 0 bridgehead atoms. The number of ether oxygens (including phenoxy) is 3. The minimum Gasteiger partial charge on any atom is -0.491 e. The molecule has 0 aliphatic rings. The molecule has 0 saturated heterocycles. The molecule has 0 saturated carbocycles. The van der Waals surface area contributed by atoms with Crippen molar-refractivity contribution in [2.75, 3.05) is 25.6 Å². The molecule has 0 fully saturated rings. The van der Waals surface area contributed by atoms with E-state index in [1.807, 2.05) is 24.3 Å². The van der Waals surface area contributed by atoms with Crippen LogP contribution in [0.15, 0.2) is 89.9 Å². The predicted molar refractivity (Wildman–Crippen MR) is 164 cm³/mol. The second kappa shape index (κ2) is 14.0. The topological polar surface area (TPSA) is 135 Å². The van der Waals surface area contributed by atoms with E-state index in [0.29, 0.717) is 52.4 Å². The Labute approximate surface area is 259 Å². The second-order valence-electron chi connectivity index (χ2n) is 8.95. The zero-order valence-corrected chi connectivity index (χ0v) is 24.4. The van der Waals surface area contributed by atoms with Gasteiger partial charge in [0, 0.05) is 36.4 Å². The van der Waals surface area contributed by atoms with E-state index >= 15 is 0 Å². The lowest BCUT2D eigenvalue weighted by atomic mass is 10.2. The van der Waals surface area contributed by atoms with E-state index in [9.17, 15) is 14.5 Å². The van der Waals surface area contributed by atoms with Crippen molar-refractivity contribution in [3.63, 3.8) is 0 Å². The highest BCUT2D eigenvalue weighted by molar-refractivity contribution is 6.32. The standard InChI is InChI=1S/C24H19ClN4O4.C6H3ClFNO2/c1-30-8-9-31-16-3-5-20-18(11-16)24(27-13-26-20)29-15-2-6-22(19(25)10-15)33-17-4-7-23-21(12-17)28-14-32-23;7-5-3-4(9(10)11)1-2-6(5)8/h2-7,10-14H,8-9H2,1H3,(H,26,27,29);1-3H. The van der Waals surface area contributed by atoms with E-state index in [4.69, 9.17) is 41.8 Å². The zero-order chi connectivity index (χ0) is 31.1. The maximum Gasteiger partial charge on any atom is 0.271 e. The van der Waals surface area contributed by atoms with E-state index in [1.165, 1.54) is 12.7 Å². The van der Waals surface area contributed by atoms with Gasteiger partial charge >= 0.3 is 0 Å². The monoisotopic (exact) mass is 637 g/mol. The van der Waals surface area contributed by atoms with Gasteiger partial charge in [0.05, 0.1) is 27.1 Å². The Morgan fingerprint density at radius 1 is 0.909 bits per heavy atom. The average Bonchev–Trinajstić information content (AvgIpc) is 3.49. The molecule has 0 aliphatic carbocycles. The third-order valence-corrected chi connectivity index (χ3v) is 6.59. The number of nitro groups is 1. The Hall–Kier alpha value is -5.04. The first kappa shape index (κ1) is 30.4. The maximum absolute atomic E-state index is 12.4. The number of non-ortho nitro benzene ring substituents is 1. The molecule has 0 aliphatic heterocycles. The summed E-state index contributed by atoms with van der Waals surface area (Å²) in [6.45, 7) is 0.965. The zero-order valence-electron chi connectivity index (χ0n) is 22.9. The normalized spacial score (nSPS) is 10.7. The lowest BCUT2D eigenvalue weighted by Crippen LogP contribution is -2.04. The number of nitrogens with one attached hydrogen (secondary N) is 1. The predicted octanol–water partition coefficient (Wildman–Crippen LogP) is 8.37. The van der Waals surface area contributed by atoms with E-state index < -0.39 is 10.7 Å². The fourth-order valence-corrected chi connectivity index (χ4v) is 4.29. The van der Waals surface area contributed by atoms with Gasteiger partial charge in [-0.25, -0.2) is 19.3 Å². The van der Waals surface area contributed by atoms with Gasteiger partial charge in [0.25, 0.3) is 5.69 Å². The highest BCUT2D eigenvalue weighted by atomic mass is 35.5. The van der Waals surface area contributed by atoms with Gasteiger partial charge in [-0.05, 0) is 54.6 Å². The van der Waals surface area contributed by atoms with Crippen molar-refractivity contribution >= 4 is 62.4 Å². The number of hydrogen-bond donors (Lipinski definition) is 1. The Balaban J connectivity index is 0.000000296. The Morgan fingerprint density at radius 2 is 1.75 bits per heavy atom. The third-order valence-electron chi connectivity index (χ3n) is 6.00. The molecule has 0 spiro atoms. The minimum atomic E-state index is -0.655. The molecule has 6 aromatic rings. The fourth-order valence-electron chi connectivity index (χ4n) is 3.89. The molecule has 0 atom stereocenters. The van der Waals surface area contributed by atoms with Crippen LogP contribution in [0.2, 0.25) is 10.0 Å². The summed E-state index contributed by atoms with van der Waals surface area (Å²) in [4.78, 5) is 22.3. The lowest BCUT2D eigenvalue weighted by molar-refractivity contribution is -0.384. The molecule has 1 N–H and O–H groups in total. The van der Waals surface area contributed by atoms with E-state index in [1.54, 1.807) is 37.4 Å². The quantitative estimate of drug-likeness (QED) is 0.0935. The van der Waals surface area contributed by atoms with E-state index in [2.05, 4.69) is 20.3 Å². The van der Waals surface area contributed by atoms with Gasteiger partial charge in [-0.15, -0.1) is 0 Å². The van der Waals surface area contributed by atoms with Gasteiger partial charge in [-0.1, -0.05) is 23.2 Å². The van der Waals surface area contributed by atoms with Gasteiger partial charge in [-0.2, -0.15) is 0 Å². The van der Waals surface area contributed by atoms with Crippen molar-refractivity contribution in [3.05, 3.63) is 111 Å². The number of nitrogens with zero attached hydrogens (tertiary/aromatic N) is 4. The van der Waals surface area contributed by atoms with Crippen LogP contribution in [0.1, 0.15) is 0 Å². The highest BCUT2D eigenvalue weighted by Gasteiger charge is 2.11. The van der Waals surface area contributed by atoms with Crippen LogP contribution < -0.4 is 14.8 Å².